The molecule has 0 unspecified atom stereocenters. The molecule has 2 aromatic carbocycles. The summed E-state index contributed by atoms with van der Waals surface area (Å²) in [6, 6.07) is 9.26. The molecule has 0 saturated heterocycles. The predicted octanol–water partition coefficient (Wildman–Crippen LogP) is 3.89. The molecule has 0 saturated carbocycles. The fraction of sp³-hybridized carbons (Fsp3) is 0.0769. The Hall–Kier alpha value is -0.540. The minimum absolute atomic E-state index is 0.0707. The number of aliphatic hydroxyl groups excluding tert-OH is 1. The first kappa shape index (κ1) is 16.8. The number of hydrogen-bond donors (Lipinski definition) is 2. The van der Waals surface area contributed by atoms with Crippen LogP contribution in [0.4, 0.5) is 5.69 Å². The maximum absolute atomic E-state index is 12.4. The number of halogens is 3. The Morgan fingerprint density at radius 2 is 1.81 bits per heavy atom. The van der Waals surface area contributed by atoms with Crippen LogP contribution in [0.15, 0.2) is 41.3 Å². The molecular formula is C13H10Cl2INO3S. The van der Waals surface area contributed by atoms with Gasteiger partial charge in [0.15, 0.2) is 0 Å². The van der Waals surface area contributed by atoms with E-state index in [0.29, 0.717) is 10.6 Å². The molecule has 21 heavy (non-hydrogen) atoms. The van der Waals surface area contributed by atoms with E-state index in [0.717, 1.165) is 3.57 Å². The molecule has 0 spiro atoms. The molecule has 0 atom stereocenters. The molecule has 4 nitrogen and oxygen atoms in total. The molecule has 0 amide bonds. The first-order chi connectivity index (χ1) is 9.83. The van der Waals surface area contributed by atoms with E-state index in [1.54, 1.807) is 24.3 Å². The van der Waals surface area contributed by atoms with Gasteiger partial charge >= 0.3 is 0 Å². The monoisotopic (exact) mass is 457 g/mol. The molecule has 2 rings (SSSR count). The lowest BCUT2D eigenvalue weighted by Crippen LogP contribution is -2.14. The normalized spacial score (nSPS) is 11.4. The van der Waals surface area contributed by atoms with Crippen molar-refractivity contribution in [2.45, 2.75) is 11.5 Å². The van der Waals surface area contributed by atoms with Crippen LogP contribution in [0.5, 0.6) is 0 Å². The molecule has 2 aromatic rings. The molecule has 2 N–H and O–H groups in total. The highest BCUT2D eigenvalue weighted by Crippen LogP contribution is 2.29. The lowest BCUT2D eigenvalue weighted by atomic mass is 10.2. The summed E-state index contributed by atoms with van der Waals surface area (Å²) in [6.07, 6.45) is 0. The Labute approximate surface area is 146 Å². The minimum atomic E-state index is -3.89. The van der Waals surface area contributed by atoms with Gasteiger partial charge in [-0.05, 0) is 58.5 Å². The molecule has 0 aliphatic rings. The molecule has 0 fully saturated rings. The summed E-state index contributed by atoms with van der Waals surface area (Å²) in [5, 5.41) is 9.47. The molecule has 112 valence electrons. The average Bonchev–Trinajstić information content (AvgIpc) is 2.42. The van der Waals surface area contributed by atoms with Gasteiger partial charge in [0.1, 0.15) is 4.90 Å². The fourth-order valence-electron chi connectivity index (χ4n) is 1.62. The second-order valence-corrected chi connectivity index (χ2v) is 7.86. The van der Waals surface area contributed by atoms with Crippen LogP contribution in [0.2, 0.25) is 10.0 Å². The van der Waals surface area contributed by atoms with E-state index in [1.807, 2.05) is 0 Å². The first-order valence-corrected chi connectivity index (χ1v) is 9.02. The molecular weight excluding hydrogens is 448 g/mol. The summed E-state index contributed by atoms with van der Waals surface area (Å²) in [5.41, 5.74) is 0.719. The summed E-state index contributed by atoms with van der Waals surface area (Å²) >= 11 is 14.0. The zero-order valence-corrected chi connectivity index (χ0v) is 15.0. The molecule has 0 heterocycles. The van der Waals surface area contributed by atoms with Gasteiger partial charge in [0.05, 0.1) is 22.3 Å². The lowest BCUT2D eigenvalue weighted by molar-refractivity contribution is 0.281. The van der Waals surface area contributed by atoms with E-state index in [9.17, 15) is 8.42 Å². The predicted molar refractivity (Wildman–Crippen MR) is 92.4 cm³/mol. The number of benzene rings is 2. The van der Waals surface area contributed by atoms with Crippen LogP contribution in [0.1, 0.15) is 5.56 Å². The number of rotatable bonds is 4. The Morgan fingerprint density at radius 1 is 1.10 bits per heavy atom. The van der Waals surface area contributed by atoms with Gasteiger partial charge in [0.2, 0.25) is 0 Å². The third-order valence-electron chi connectivity index (χ3n) is 2.64. The van der Waals surface area contributed by atoms with Crippen molar-refractivity contribution in [3.63, 3.8) is 0 Å². The van der Waals surface area contributed by atoms with E-state index in [4.69, 9.17) is 28.3 Å². The Balaban J connectivity index is 2.43. The van der Waals surface area contributed by atoms with Crippen molar-refractivity contribution in [2.75, 3.05) is 4.72 Å². The summed E-state index contributed by atoms with van der Waals surface area (Å²) in [4.78, 5) is -0.106. The van der Waals surface area contributed by atoms with Crippen molar-refractivity contribution < 1.29 is 13.5 Å². The van der Waals surface area contributed by atoms with E-state index in [1.165, 1.54) is 12.1 Å². The van der Waals surface area contributed by atoms with Gasteiger partial charge in [-0.15, -0.1) is 0 Å². The van der Waals surface area contributed by atoms with Crippen molar-refractivity contribution in [3.8, 4) is 0 Å². The van der Waals surface area contributed by atoms with Gasteiger partial charge in [0, 0.05) is 3.57 Å². The van der Waals surface area contributed by atoms with E-state index in [-0.39, 0.29) is 22.2 Å². The van der Waals surface area contributed by atoms with E-state index in [2.05, 4.69) is 27.3 Å². The van der Waals surface area contributed by atoms with Gasteiger partial charge in [-0.3, -0.25) is 4.72 Å². The van der Waals surface area contributed by atoms with Gasteiger partial charge in [-0.1, -0.05) is 29.3 Å². The van der Waals surface area contributed by atoms with Crippen LogP contribution in [0.3, 0.4) is 0 Å². The van der Waals surface area contributed by atoms with Gasteiger partial charge in [-0.2, -0.15) is 0 Å². The summed E-state index contributed by atoms with van der Waals surface area (Å²) in [6.45, 7) is -0.274. The van der Waals surface area contributed by atoms with E-state index >= 15 is 0 Å². The molecule has 0 bridgehead atoms. The van der Waals surface area contributed by atoms with Gasteiger partial charge in [-0.25, -0.2) is 8.42 Å². The van der Waals surface area contributed by atoms with Crippen LogP contribution in [0, 0.1) is 3.57 Å². The van der Waals surface area contributed by atoms with Crippen molar-refractivity contribution in [3.05, 3.63) is 55.6 Å². The Kier molecular flexibility index (Phi) is 5.37. The van der Waals surface area contributed by atoms with Crippen molar-refractivity contribution in [1.29, 1.82) is 0 Å². The zero-order chi connectivity index (χ0) is 15.6. The third-order valence-corrected chi connectivity index (χ3v) is 5.47. The Bertz CT molecular complexity index is 781. The molecule has 0 aromatic heterocycles. The zero-order valence-electron chi connectivity index (χ0n) is 10.5. The van der Waals surface area contributed by atoms with E-state index < -0.39 is 10.0 Å². The quantitative estimate of drug-likeness (QED) is 0.684. The standard InChI is InChI=1S/C13H10Cl2INO3S/c14-10-3-1-8(7-18)5-13(10)21(19,20)17-12-4-2-9(16)6-11(12)15/h1-6,17-18H,7H2. The lowest BCUT2D eigenvalue weighted by Gasteiger charge is -2.12. The summed E-state index contributed by atoms with van der Waals surface area (Å²) in [7, 11) is -3.89. The first-order valence-electron chi connectivity index (χ1n) is 5.70. The van der Waals surface area contributed by atoms with Crippen molar-refractivity contribution >= 4 is 61.5 Å². The highest BCUT2D eigenvalue weighted by molar-refractivity contribution is 14.1. The molecule has 0 aliphatic heterocycles. The number of hydrogen-bond acceptors (Lipinski definition) is 3. The maximum Gasteiger partial charge on any atom is 0.263 e. The number of nitrogens with one attached hydrogen (secondary N) is 1. The second kappa shape index (κ2) is 6.70. The van der Waals surface area contributed by atoms with Crippen LogP contribution < -0.4 is 4.72 Å². The second-order valence-electron chi connectivity index (χ2n) is 4.15. The molecule has 0 aliphatic carbocycles. The average molecular weight is 458 g/mol. The highest BCUT2D eigenvalue weighted by Gasteiger charge is 2.19. The fourth-order valence-corrected chi connectivity index (χ4v) is 4.21. The number of anilines is 1. The highest BCUT2D eigenvalue weighted by atomic mass is 127. The van der Waals surface area contributed by atoms with Gasteiger partial charge in [0.25, 0.3) is 10.0 Å². The molecule has 0 radical (unpaired) electrons. The summed E-state index contributed by atoms with van der Waals surface area (Å²) in [5.74, 6) is 0. The maximum atomic E-state index is 12.4. The summed E-state index contributed by atoms with van der Waals surface area (Å²) < 4.78 is 28.1. The minimum Gasteiger partial charge on any atom is -0.392 e. The van der Waals surface area contributed by atoms with Crippen LogP contribution in [-0.4, -0.2) is 13.5 Å². The third kappa shape index (κ3) is 4.01. The van der Waals surface area contributed by atoms with Crippen molar-refractivity contribution in [1.82, 2.24) is 0 Å². The van der Waals surface area contributed by atoms with Gasteiger partial charge < -0.3 is 5.11 Å². The number of aliphatic hydroxyl groups is 1. The Morgan fingerprint density at radius 3 is 2.43 bits per heavy atom. The van der Waals surface area contributed by atoms with Crippen molar-refractivity contribution in [2.24, 2.45) is 0 Å². The largest absolute Gasteiger partial charge is 0.392 e. The smallest absolute Gasteiger partial charge is 0.263 e. The van der Waals surface area contributed by atoms with Crippen LogP contribution in [0.25, 0.3) is 0 Å². The molecule has 8 heteroatoms. The van der Waals surface area contributed by atoms with Crippen LogP contribution >= 0.6 is 45.8 Å². The SMILES string of the molecule is O=S(=O)(Nc1ccc(I)cc1Cl)c1cc(CO)ccc1Cl. The number of sulfonamides is 1. The topological polar surface area (TPSA) is 66.4 Å². The van der Waals surface area contributed by atoms with Crippen LogP contribution in [-0.2, 0) is 16.6 Å².